The molecule has 108 valence electrons. The zero-order valence-electron chi connectivity index (χ0n) is 10.0. The second-order valence-electron chi connectivity index (χ2n) is 4.20. The molecule has 0 saturated carbocycles. The fourth-order valence-electron chi connectivity index (χ4n) is 1.95. The molecule has 4 nitrogen and oxygen atoms in total. The van der Waals surface area contributed by atoms with E-state index in [1.165, 1.54) is 0 Å². The molecule has 8 heteroatoms. The number of hydrogen-bond donors (Lipinski definition) is 2. The molecule has 1 aromatic rings. The summed E-state index contributed by atoms with van der Waals surface area (Å²) in [6.07, 6.45) is 1.82. The molecule has 1 heterocycles. The van der Waals surface area contributed by atoms with Gasteiger partial charge in [0.05, 0.1) is 0 Å². The van der Waals surface area contributed by atoms with Gasteiger partial charge >= 0.3 is 0 Å². The van der Waals surface area contributed by atoms with Crippen LogP contribution in [0.2, 0.25) is 0 Å². The normalized spacial score (nSPS) is 19.2. The molecule has 1 unspecified atom stereocenters. The van der Waals surface area contributed by atoms with Crippen molar-refractivity contribution < 1.29 is 17.2 Å². The van der Waals surface area contributed by atoms with Gasteiger partial charge in [0.25, 0.3) is 0 Å². The third-order valence-electron chi connectivity index (χ3n) is 2.87. The van der Waals surface area contributed by atoms with Gasteiger partial charge in [-0.25, -0.2) is 21.9 Å². The summed E-state index contributed by atoms with van der Waals surface area (Å²) in [7, 11) is -4.15. The Bertz CT molecular complexity index is 513. The monoisotopic (exact) mass is 312 g/mol. The van der Waals surface area contributed by atoms with Gasteiger partial charge in [0, 0.05) is 12.6 Å². The molecular formula is C11H15ClF2N2O2S. The minimum atomic E-state index is -4.15. The maximum absolute atomic E-state index is 13.4. The first-order valence-corrected chi connectivity index (χ1v) is 7.16. The van der Waals surface area contributed by atoms with Crippen LogP contribution in [0.3, 0.4) is 0 Å². The van der Waals surface area contributed by atoms with E-state index in [1.54, 1.807) is 0 Å². The van der Waals surface area contributed by atoms with Crippen molar-refractivity contribution in [3.63, 3.8) is 0 Å². The fraction of sp³-hybridized carbons (Fsp3) is 0.455. The molecule has 1 fully saturated rings. The first-order chi connectivity index (χ1) is 8.50. The summed E-state index contributed by atoms with van der Waals surface area (Å²) in [6.45, 7) is 0.969. The second kappa shape index (κ2) is 6.60. The Morgan fingerprint density at radius 3 is 2.47 bits per heavy atom. The quantitative estimate of drug-likeness (QED) is 0.884. The number of sulfonamides is 1. The Balaban J connectivity index is 0.00000180. The highest BCUT2D eigenvalue weighted by molar-refractivity contribution is 7.89. The van der Waals surface area contributed by atoms with Crippen LogP contribution in [0.25, 0.3) is 0 Å². The van der Waals surface area contributed by atoms with E-state index >= 15 is 0 Å². The third kappa shape index (κ3) is 3.85. The molecule has 1 aliphatic rings. The summed E-state index contributed by atoms with van der Waals surface area (Å²) >= 11 is 0. The van der Waals surface area contributed by atoms with E-state index in [0.717, 1.165) is 37.6 Å². The van der Waals surface area contributed by atoms with Gasteiger partial charge in [0.1, 0.15) is 11.6 Å². The van der Waals surface area contributed by atoms with Crippen molar-refractivity contribution in [2.45, 2.75) is 23.8 Å². The van der Waals surface area contributed by atoms with E-state index in [2.05, 4.69) is 10.0 Å². The van der Waals surface area contributed by atoms with Gasteiger partial charge in [-0.05, 0) is 31.5 Å². The molecule has 1 aromatic carbocycles. The molecule has 1 saturated heterocycles. The Hall–Kier alpha value is -0.760. The lowest BCUT2D eigenvalue weighted by Crippen LogP contribution is -2.37. The van der Waals surface area contributed by atoms with Crippen LogP contribution in [-0.2, 0) is 10.0 Å². The van der Waals surface area contributed by atoms with Crippen LogP contribution in [0.15, 0.2) is 23.1 Å². The van der Waals surface area contributed by atoms with Gasteiger partial charge < -0.3 is 5.32 Å². The van der Waals surface area contributed by atoms with E-state index in [9.17, 15) is 17.2 Å². The average molecular weight is 313 g/mol. The highest BCUT2D eigenvalue weighted by Gasteiger charge is 2.25. The average Bonchev–Trinajstić information content (AvgIpc) is 2.78. The standard InChI is InChI=1S/C11H14F2N2O2S.ClH/c12-9-4-1-5-10(13)11(9)18(16,17)15-7-8-3-2-6-14-8;/h1,4-5,8,14-15H,2-3,6-7H2;1H. The highest BCUT2D eigenvalue weighted by atomic mass is 35.5. The predicted molar refractivity (Wildman–Crippen MR) is 69.8 cm³/mol. The molecule has 1 aliphatic heterocycles. The first-order valence-electron chi connectivity index (χ1n) is 5.68. The van der Waals surface area contributed by atoms with E-state index in [-0.39, 0.29) is 25.0 Å². The number of rotatable bonds is 4. The Labute approximate surface area is 117 Å². The van der Waals surface area contributed by atoms with E-state index in [0.29, 0.717) is 0 Å². The van der Waals surface area contributed by atoms with Crippen LogP contribution in [0.5, 0.6) is 0 Å². The van der Waals surface area contributed by atoms with Gasteiger partial charge in [-0.2, -0.15) is 0 Å². The van der Waals surface area contributed by atoms with Crippen molar-refractivity contribution in [3.8, 4) is 0 Å². The van der Waals surface area contributed by atoms with Crippen LogP contribution in [-0.4, -0.2) is 27.5 Å². The fourth-order valence-corrected chi connectivity index (χ4v) is 3.17. The lowest BCUT2D eigenvalue weighted by atomic mass is 10.2. The van der Waals surface area contributed by atoms with Crippen molar-refractivity contribution in [3.05, 3.63) is 29.8 Å². The summed E-state index contributed by atoms with van der Waals surface area (Å²) < 4.78 is 52.6. The van der Waals surface area contributed by atoms with Gasteiger partial charge in [0.2, 0.25) is 10.0 Å². The van der Waals surface area contributed by atoms with Crippen molar-refractivity contribution in [2.75, 3.05) is 13.1 Å². The molecular weight excluding hydrogens is 298 g/mol. The minimum Gasteiger partial charge on any atom is -0.313 e. The van der Waals surface area contributed by atoms with Crippen LogP contribution < -0.4 is 10.0 Å². The van der Waals surface area contributed by atoms with Crippen LogP contribution >= 0.6 is 12.4 Å². The maximum atomic E-state index is 13.4. The summed E-state index contributed by atoms with van der Waals surface area (Å²) in [5.74, 6) is -2.16. The summed E-state index contributed by atoms with van der Waals surface area (Å²) in [6, 6.07) is 2.99. The summed E-state index contributed by atoms with van der Waals surface area (Å²) in [4.78, 5) is -0.914. The maximum Gasteiger partial charge on any atom is 0.246 e. The molecule has 0 aliphatic carbocycles. The number of hydrogen-bond acceptors (Lipinski definition) is 3. The smallest absolute Gasteiger partial charge is 0.246 e. The van der Waals surface area contributed by atoms with Gasteiger partial charge in [0.15, 0.2) is 4.90 Å². The summed E-state index contributed by atoms with van der Waals surface area (Å²) in [5, 5.41) is 3.10. The first kappa shape index (κ1) is 16.3. The van der Waals surface area contributed by atoms with Crippen LogP contribution in [0.4, 0.5) is 8.78 Å². The van der Waals surface area contributed by atoms with Crippen molar-refractivity contribution in [1.29, 1.82) is 0 Å². The topological polar surface area (TPSA) is 58.2 Å². The number of benzene rings is 1. The van der Waals surface area contributed by atoms with Gasteiger partial charge in [-0.15, -0.1) is 12.4 Å². The third-order valence-corrected chi connectivity index (χ3v) is 4.34. The van der Waals surface area contributed by atoms with E-state index < -0.39 is 26.6 Å². The molecule has 0 radical (unpaired) electrons. The van der Waals surface area contributed by atoms with Crippen molar-refractivity contribution in [1.82, 2.24) is 10.0 Å². The van der Waals surface area contributed by atoms with E-state index in [4.69, 9.17) is 0 Å². The van der Waals surface area contributed by atoms with Crippen molar-refractivity contribution in [2.24, 2.45) is 0 Å². The molecule has 2 N–H and O–H groups in total. The van der Waals surface area contributed by atoms with Crippen LogP contribution in [0, 0.1) is 11.6 Å². The molecule has 0 bridgehead atoms. The molecule has 0 spiro atoms. The van der Waals surface area contributed by atoms with E-state index in [1.807, 2.05) is 0 Å². The molecule has 0 aromatic heterocycles. The van der Waals surface area contributed by atoms with Gasteiger partial charge in [-0.1, -0.05) is 6.07 Å². The van der Waals surface area contributed by atoms with Crippen molar-refractivity contribution >= 4 is 22.4 Å². The second-order valence-corrected chi connectivity index (χ2v) is 5.90. The Morgan fingerprint density at radius 2 is 1.95 bits per heavy atom. The number of halogens is 3. The summed E-state index contributed by atoms with van der Waals surface area (Å²) in [5.41, 5.74) is 0. The zero-order valence-corrected chi connectivity index (χ0v) is 11.7. The molecule has 19 heavy (non-hydrogen) atoms. The molecule has 2 rings (SSSR count). The zero-order chi connectivity index (χ0) is 13.2. The van der Waals surface area contributed by atoms with Gasteiger partial charge in [-0.3, -0.25) is 0 Å². The molecule has 0 amide bonds. The highest BCUT2D eigenvalue weighted by Crippen LogP contribution is 2.18. The minimum absolute atomic E-state index is 0. The predicted octanol–water partition coefficient (Wildman–Crippen LogP) is 1.42. The van der Waals surface area contributed by atoms with Crippen LogP contribution in [0.1, 0.15) is 12.8 Å². The lowest BCUT2D eigenvalue weighted by molar-refractivity contribution is 0.507. The Kier molecular flexibility index (Phi) is 5.66. The molecule has 1 atom stereocenters. The SMILES string of the molecule is Cl.O=S(=O)(NCC1CCCN1)c1c(F)cccc1F. The largest absolute Gasteiger partial charge is 0.313 e. The lowest BCUT2D eigenvalue weighted by Gasteiger charge is -2.12. The number of nitrogens with one attached hydrogen (secondary N) is 2. The Morgan fingerprint density at radius 1 is 1.32 bits per heavy atom.